The predicted octanol–water partition coefficient (Wildman–Crippen LogP) is 4.23. The number of halogens is 2. The predicted molar refractivity (Wildman–Crippen MR) is 99.4 cm³/mol. The molecular weight excluding hydrogens is 359 g/mol. The molecule has 1 atom stereocenters. The lowest BCUT2D eigenvalue weighted by molar-refractivity contribution is 0.477. The molecule has 0 spiro atoms. The van der Waals surface area contributed by atoms with E-state index in [1.165, 1.54) is 0 Å². The van der Waals surface area contributed by atoms with Crippen molar-refractivity contribution in [3.05, 3.63) is 40.0 Å². The second-order valence-electron chi connectivity index (χ2n) is 6.58. The van der Waals surface area contributed by atoms with Crippen LogP contribution in [0.3, 0.4) is 0 Å². The third kappa shape index (κ3) is 2.73. The second kappa shape index (κ2) is 6.11. The van der Waals surface area contributed by atoms with E-state index in [4.69, 9.17) is 28.2 Å². The lowest BCUT2D eigenvalue weighted by Crippen LogP contribution is -2.38. The fourth-order valence-corrected chi connectivity index (χ4v) is 3.60. The van der Waals surface area contributed by atoms with Crippen LogP contribution in [-0.2, 0) is 6.54 Å². The fraction of sp³-hybridized carbons (Fsp3) is 0.412. The molecule has 1 unspecified atom stereocenters. The Bertz CT molecular complexity index is 952. The highest BCUT2D eigenvalue weighted by molar-refractivity contribution is 6.42. The molecule has 1 aliphatic rings. The monoisotopic (exact) mass is 376 g/mol. The molecule has 1 aromatic carbocycles. The first-order valence-corrected chi connectivity index (χ1v) is 9.02. The van der Waals surface area contributed by atoms with Crippen LogP contribution in [0.2, 0.25) is 10.0 Å². The standard InChI is InChI=1S/C17H18Cl2N6/c1-9(2)16-22-23-17-10(3)24(4-5-25(16)17)15-8-20-13-6-11(18)12(19)7-14(13)21-15/h6-10H,4-5H2,1-3H3. The summed E-state index contributed by atoms with van der Waals surface area (Å²) in [7, 11) is 0. The molecule has 0 saturated carbocycles. The summed E-state index contributed by atoms with van der Waals surface area (Å²) >= 11 is 12.2. The van der Waals surface area contributed by atoms with Crippen molar-refractivity contribution in [2.75, 3.05) is 11.4 Å². The van der Waals surface area contributed by atoms with Gasteiger partial charge in [-0.05, 0) is 19.1 Å². The van der Waals surface area contributed by atoms with Crippen LogP contribution in [0.25, 0.3) is 11.0 Å². The third-order valence-electron chi connectivity index (χ3n) is 4.60. The highest BCUT2D eigenvalue weighted by Gasteiger charge is 2.29. The topological polar surface area (TPSA) is 59.7 Å². The minimum atomic E-state index is 0.0725. The van der Waals surface area contributed by atoms with Crippen molar-refractivity contribution in [2.45, 2.75) is 39.3 Å². The Morgan fingerprint density at radius 1 is 1.08 bits per heavy atom. The molecule has 0 bridgehead atoms. The average Bonchev–Trinajstić information content (AvgIpc) is 3.01. The van der Waals surface area contributed by atoms with Crippen molar-refractivity contribution < 1.29 is 0 Å². The van der Waals surface area contributed by atoms with Gasteiger partial charge in [0.15, 0.2) is 5.82 Å². The summed E-state index contributed by atoms with van der Waals surface area (Å²) in [5.74, 6) is 3.16. The normalized spacial score (nSPS) is 17.4. The number of hydrogen-bond acceptors (Lipinski definition) is 5. The fourth-order valence-electron chi connectivity index (χ4n) is 3.28. The van der Waals surface area contributed by atoms with Crippen molar-refractivity contribution in [1.29, 1.82) is 0 Å². The van der Waals surface area contributed by atoms with Gasteiger partial charge in [0.1, 0.15) is 11.6 Å². The molecule has 0 fully saturated rings. The van der Waals surface area contributed by atoms with Crippen LogP contribution in [0.15, 0.2) is 18.3 Å². The zero-order valence-corrected chi connectivity index (χ0v) is 15.8. The van der Waals surface area contributed by atoms with Gasteiger partial charge in [0, 0.05) is 19.0 Å². The minimum Gasteiger partial charge on any atom is -0.344 e. The van der Waals surface area contributed by atoms with Gasteiger partial charge in [0.2, 0.25) is 0 Å². The molecule has 6 nitrogen and oxygen atoms in total. The molecular formula is C17H18Cl2N6. The average molecular weight is 377 g/mol. The number of benzene rings is 1. The molecule has 3 heterocycles. The van der Waals surface area contributed by atoms with E-state index < -0.39 is 0 Å². The van der Waals surface area contributed by atoms with Crippen molar-refractivity contribution in [3.8, 4) is 0 Å². The van der Waals surface area contributed by atoms with Crippen LogP contribution in [0.1, 0.15) is 44.4 Å². The van der Waals surface area contributed by atoms with Crippen molar-refractivity contribution >= 4 is 40.1 Å². The SMILES string of the molecule is CC(C)c1nnc2n1CCN(c1cnc3cc(Cl)c(Cl)cc3n1)C2C. The van der Waals surface area contributed by atoms with Gasteiger partial charge in [-0.15, -0.1) is 10.2 Å². The summed E-state index contributed by atoms with van der Waals surface area (Å²) in [4.78, 5) is 11.4. The summed E-state index contributed by atoms with van der Waals surface area (Å²) in [6, 6.07) is 3.56. The maximum absolute atomic E-state index is 6.12. The number of nitrogens with zero attached hydrogens (tertiary/aromatic N) is 6. The van der Waals surface area contributed by atoms with E-state index in [2.05, 4.69) is 45.4 Å². The first-order valence-electron chi connectivity index (χ1n) is 8.27. The Morgan fingerprint density at radius 3 is 2.52 bits per heavy atom. The first kappa shape index (κ1) is 16.5. The van der Waals surface area contributed by atoms with Gasteiger partial charge in [-0.1, -0.05) is 37.0 Å². The zero-order valence-electron chi connectivity index (χ0n) is 14.2. The molecule has 0 N–H and O–H groups in total. The number of rotatable bonds is 2. The van der Waals surface area contributed by atoms with Crippen molar-refractivity contribution in [2.24, 2.45) is 0 Å². The Kier molecular flexibility index (Phi) is 4.04. The van der Waals surface area contributed by atoms with E-state index in [0.717, 1.165) is 41.6 Å². The lowest BCUT2D eigenvalue weighted by Gasteiger charge is -2.34. The maximum atomic E-state index is 6.12. The van der Waals surface area contributed by atoms with E-state index in [-0.39, 0.29) is 6.04 Å². The first-order chi connectivity index (χ1) is 12.0. The summed E-state index contributed by atoms with van der Waals surface area (Å²) in [6.07, 6.45) is 1.78. The van der Waals surface area contributed by atoms with Crippen LogP contribution in [0.4, 0.5) is 5.82 Å². The quantitative estimate of drug-likeness (QED) is 0.669. The van der Waals surface area contributed by atoms with Gasteiger partial charge in [-0.25, -0.2) is 4.98 Å². The van der Waals surface area contributed by atoms with E-state index in [1.807, 2.05) is 0 Å². The summed E-state index contributed by atoms with van der Waals surface area (Å²) in [5.41, 5.74) is 1.46. The van der Waals surface area contributed by atoms with E-state index in [9.17, 15) is 0 Å². The molecule has 25 heavy (non-hydrogen) atoms. The number of aromatic nitrogens is 5. The van der Waals surface area contributed by atoms with E-state index in [1.54, 1.807) is 18.3 Å². The number of anilines is 1. The molecule has 0 aliphatic carbocycles. The molecule has 0 amide bonds. The van der Waals surface area contributed by atoms with Gasteiger partial charge in [0.25, 0.3) is 0 Å². The molecule has 4 rings (SSSR count). The van der Waals surface area contributed by atoms with Crippen LogP contribution in [0.5, 0.6) is 0 Å². The van der Waals surface area contributed by atoms with Gasteiger partial charge in [-0.3, -0.25) is 4.98 Å². The highest BCUT2D eigenvalue weighted by Crippen LogP contribution is 2.32. The van der Waals surface area contributed by atoms with Crippen LogP contribution < -0.4 is 4.90 Å². The van der Waals surface area contributed by atoms with Gasteiger partial charge >= 0.3 is 0 Å². The van der Waals surface area contributed by atoms with Crippen molar-refractivity contribution in [1.82, 2.24) is 24.7 Å². The summed E-state index contributed by atoms with van der Waals surface area (Å²) in [5, 5.41) is 9.74. The van der Waals surface area contributed by atoms with Gasteiger partial charge in [-0.2, -0.15) is 0 Å². The smallest absolute Gasteiger partial charge is 0.155 e. The Balaban J connectivity index is 1.72. The Morgan fingerprint density at radius 2 is 1.80 bits per heavy atom. The van der Waals surface area contributed by atoms with Gasteiger partial charge in [0.05, 0.1) is 33.3 Å². The maximum Gasteiger partial charge on any atom is 0.155 e. The van der Waals surface area contributed by atoms with E-state index >= 15 is 0 Å². The Labute approximate surface area is 155 Å². The molecule has 0 saturated heterocycles. The van der Waals surface area contributed by atoms with Crippen LogP contribution >= 0.6 is 23.2 Å². The number of hydrogen-bond donors (Lipinski definition) is 0. The second-order valence-corrected chi connectivity index (χ2v) is 7.39. The van der Waals surface area contributed by atoms with Crippen LogP contribution in [0, 0.1) is 0 Å². The molecule has 3 aromatic rings. The number of fused-ring (bicyclic) bond motifs is 2. The van der Waals surface area contributed by atoms with Crippen LogP contribution in [-0.4, -0.2) is 31.3 Å². The highest BCUT2D eigenvalue weighted by atomic mass is 35.5. The van der Waals surface area contributed by atoms with Gasteiger partial charge < -0.3 is 9.47 Å². The molecule has 130 valence electrons. The molecule has 1 aliphatic heterocycles. The summed E-state index contributed by atoms with van der Waals surface area (Å²) in [6.45, 7) is 8.05. The lowest BCUT2D eigenvalue weighted by atomic mass is 10.1. The van der Waals surface area contributed by atoms with E-state index in [0.29, 0.717) is 16.0 Å². The molecule has 2 aromatic heterocycles. The minimum absolute atomic E-state index is 0.0725. The summed E-state index contributed by atoms with van der Waals surface area (Å²) < 4.78 is 2.22. The van der Waals surface area contributed by atoms with Crippen molar-refractivity contribution in [3.63, 3.8) is 0 Å². The molecule has 0 radical (unpaired) electrons. The largest absolute Gasteiger partial charge is 0.344 e. The molecule has 8 heteroatoms. The zero-order chi connectivity index (χ0) is 17.7. The Hall–Kier alpha value is -1.92. The third-order valence-corrected chi connectivity index (χ3v) is 5.32.